The molecule has 2 heterocycles. The first-order valence-corrected chi connectivity index (χ1v) is 7.02. The summed E-state index contributed by atoms with van der Waals surface area (Å²) in [7, 11) is 0. The summed E-state index contributed by atoms with van der Waals surface area (Å²) in [5.74, 6) is 0.716. The highest BCUT2D eigenvalue weighted by Crippen LogP contribution is 2.27. The number of nitrogens with zero attached hydrogens (tertiary/aromatic N) is 2. The molecule has 2 aromatic rings. The molecule has 0 bridgehead atoms. The van der Waals surface area contributed by atoms with Gasteiger partial charge in [-0.25, -0.2) is 9.97 Å². The molecule has 2 rings (SSSR count). The van der Waals surface area contributed by atoms with Crippen LogP contribution in [-0.2, 0) is 6.54 Å². The molecule has 17 heavy (non-hydrogen) atoms. The zero-order valence-electron chi connectivity index (χ0n) is 9.42. The number of halogens is 2. The molecule has 3 nitrogen and oxygen atoms in total. The summed E-state index contributed by atoms with van der Waals surface area (Å²) in [6, 6.07) is 2.18. The monoisotopic (exact) mass is 331 g/mol. The van der Waals surface area contributed by atoms with Crippen LogP contribution in [0.1, 0.15) is 15.3 Å². The number of rotatable bonds is 3. The van der Waals surface area contributed by atoms with E-state index in [0.29, 0.717) is 15.4 Å². The highest BCUT2D eigenvalue weighted by molar-refractivity contribution is 9.10. The first kappa shape index (κ1) is 12.8. The summed E-state index contributed by atoms with van der Waals surface area (Å²) in [5.41, 5.74) is 1.33. The van der Waals surface area contributed by atoms with E-state index in [1.807, 2.05) is 0 Å². The second-order valence-electron chi connectivity index (χ2n) is 3.63. The summed E-state index contributed by atoms with van der Waals surface area (Å²) in [6.45, 7) is 4.99. The van der Waals surface area contributed by atoms with Gasteiger partial charge in [0.15, 0.2) is 0 Å². The Bertz CT molecular complexity index is 522. The molecule has 0 amide bonds. The van der Waals surface area contributed by atoms with Gasteiger partial charge >= 0.3 is 0 Å². The zero-order valence-corrected chi connectivity index (χ0v) is 12.6. The molecular weight excluding hydrogens is 322 g/mol. The SMILES string of the molecule is Cc1cc(CNc2ncnc(Cl)c2Br)sc1C. The fourth-order valence-electron chi connectivity index (χ4n) is 1.38. The van der Waals surface area contributed by atoms with Crippen molar-refractivity contribution in [3.63, 3.8) is 0 Å². The van der Waals surface area contributed by atoms with Crippen LogP contribution in [0.3, 0.4) is 0 Å². The molecule has 0 unspecified atom stereocenters. The quantitative estimate of drug-likeness (QED) is 0.857. The topological polar surface area (TPSA) is 37.8 Å². The molecule has 0 saturated heterocycles. The molecule has 0 radical (unpaired) electrons. The summed E-state index contributed by atoms with van der Waals surface area (Å²) in [4.78, 5) is 10.6. The van der Waals surface area contributed by atoms with E-state index in [2.05, 4.69) is 51.1 Å². The minimum atomic E-state index is 0.418. The number of thiophene rings is 1. The van der Waals surface area contributed by atoms with Crippen LogP contribution in [0, 0.1) is 13.8 Å². The normalized spacial score (nSPS) is 10.6. The highest BCUT2D eigenvalue weighted by atomic mass is 79.9. The summed E-state index contributed by atoms with van der Waals surface area (Å²) < 4.78 is 0.701. The molecule has 0 atom stereocenters. The van der Waals surface area contributed by atoms with E-state index >= 15 is 0 Å². The van der Waals surface area contributed by atoms with Crippen molar-refractivity contribution >= 4 is 44.7 Å². The molecule has 0 aliphatic rings. The second kappa shape index (κ2) is 5.33. The number of anilines is 1. The maximum absolute atomic E-state index is 5.89. The largest absolute Gasteiger partial charge is 0.364 e. The lowest BCUT2D eigenvalue weighted by atomic mass is 10.3. The van der Waals surface area contributed by atoms with Gasteiger partial charge in [0.2, 0.25) is 0 Å². The fraction of sp³-hybridized carbons (Fsp3) is 0.273. The first-order valence-electron chi connectivity index (χ1n) is 5.03. The fourth-order valence-corrected chi connectivity index (χ4v) is 2.85. The van der Waals surface area contributed by atoms with Crippen molar-refractivity contribution in [2.75, 3.05) is 5.32 Å². The maximum atomic E-state index is 5.89. The third kappa shape index (κ3) is 2.97. The Hall–Kier alpha value is -0.650. The van der Waals surface area contributed by atoms with Crippen molar-refractivity contribution in [3.8, 4) is 0 Å². The molecule has 0 aliphatic heterocycles. The molecule has 0 saturated carbocycles. The lowest BCUT2D eigenvalue weighted by Crippen LogP contribution is -2.01. The van der Waals surface area contributed by atoms with Gasteiger partial charge in [-0.2, -0.15) is 0 Å². The van der Waals surface area contributed by atoms with Crippen LogP contribution in [0.15, 0.2) is 16.9 Å². The number of aromatic nitrogens is 2. The molecule has 1 N–H and O–H groups in total. The lowest BCUT2D eigenvalue weighted by Gasteiger charge is -2.06. The van der Waals surface area contributed by atoms with Gasteiger partial charge in [-0.15, -0.1) is 11.3 Å². The Kier molecular flexibility index (Phi) is 4.01. The van der Waals surface area contributed by atoms with Gasteiger partial charge in [0.05, 0.1) is 11.0 Å². The Morgan fingerprint density at radius 2 is 2.18 bits per heavy atom. The van der Waals surface area contributed by atoms with Crippen LogP contribution in [0.2, 0.25) is 5.15 Å². The minimum absolute atomic E-state index is 0.418. The van der Waals surface area contributed by atoms with E-state index in [1.54, 1.807) is 11.3 Å². The van der Waals surface area contributed by atoms with Crippen molar-refractivity contribution in [1.29, 1.82) is 0 Å². The molecule has 0 spiro atoms. The Labute approximate surface area is 117 Å². The first-order chi connectivity index (χ1) is 8.08. The summed E-state index contributed by atoms with van der Waals surface area (Å²) >= 11 is 11.0. The molecule has 0 aromatic carbocycles. The van der Waals surface area contributed by atoms with Crippen molar-refractivity contribution < 1.29 is 0 Å². The van der Waals surface area contributed by atoms with E-state index in [4.69, 9.17) is 11.6 Å². The van der Waals surface area contributed by atoms with Gasteiger partial charge in [-0.3, -0.25) is 0 Å². The molecule has 6 heteroatoms. The minimum Gasteiger partial charge on any atom is -0.364 e. The highest BCUT2D eigenvalue weighted by Gasteiger charge is 2.07. The van der Waals surface area contributed by atoms with Crippen molar-refractivity contribution in [3.05, 3.63) is 37.3 Å². The van der Waals surface area contributed by atoms with Crippen LogP contribution in [0.4, 0.5) is 5.82 Å². The number of aryl methyl sites for hydroxylation is 2. The number of nitrogens with one attached hydrogen (secondary N) is 1. The van der Waals surface area contributed by atoms with Crippen LogP contribution in [-0.4, -0.2) is 9.97 Å². The third-order valence-electron chi connectivity index (χ3n) is 2.39. The van der Waals surface area contributed by atoms with Gasteiger partial charge in [0.1, 0.15) is 17.3 Å². The Morgan fingerprint density at radius 3 is 2.82 bits per heavy atom. The second-order valence-corrected chi connectivity index (χ2v) is 6.12. The van der Waals surface area contributed by atoms with Crippen molar-refractivity contribution in [1.82, 2.24) is 9.97 Å². The summed E-state index contributed by atoms with van der Waals surface area (Å²) in [6.07, 6.45) is 1.44. The van der Waals surface area contributed by atoms with E-state index < -0.39 is 0 Å². The van der Waals surface area contributed by atoms with Crippen LogP contribution in [0.25, 0.3) is 0 Å². The third-order valence-corrected chi connectivity index (χ3v) is 4.81. The maximum Gasteiger partial charge on any atom is 0.148 e. The lowest BCUT2D eigenvalue weighted by molar-refractivity contribution is 1.09. The molecule has 0 aliphatic carbocycles. The standard InChI is InChI=1S/C11H11BrClN3S/c1-6-3-8(17-7(6)2)4-14-11-9(12)10(13)15-5-16-11/h3,5H,4H2,1-2H3,(H,14,15,16). The van der Waals surface area contributed by atoms with Crippen LogP contribution < -0.4 is 5.32 Å². The van der Waals surface area contributed by atoms with Crippen LogP contribution >= 0.6 is 38.9 Å². The molecule has 90 valence electrons. The Balaban J connectivity index is 2.10. The van der Waals surface area contributed by atoms with Gasteiger partial charge in [-0.05, 0) is 41.4 Å². The number of hydrogen-bond acceptors (Lipinski definition) is 4. The van der Waals surface area contributed by atoms with Crippen LogP contribution in [0.5, 0.6) is 0 Å². The van der Waals surface area contributed by atoms with E-state index in [1.165, 1.54) is 21.6 Å². The van der Waals surface area contributed by atoms with Gasteiger partial charge in [-0.1, -0.05) is 11.6 Å². The zero-order chi connectivity index (χ0) is 12.4. The average molecular weight is 333 g/mol. The number of hydrogen-bond donors (Lipinski definition) is 1. The van der Waals surface area contributed by atoms with Gasteiger partial charge in [0.25, 0.3) is 0 Å². The molecule has 0 fully saturated rings. The van der Waals surface area contributed by atoms with Gasteiger partial charge in [0, 0.05) is 9.75 Å². The predicted octanol–water partition coefficient (Wildman–Crippen LogP) is 4.18. The van der Waals surface area contributed by atoms with E-state index in [0.717, 1.165) is 6.54 Å². The van der Waals surface area contributed by atoms with Gasteiger partial charge < -0.3 is 5.32 Å². The van der Waals surface area contributed by atoms with Crippen molar-refractivity contribution in [2.45, 2.75) is 20.4 Å². The Morgan fingerprint density at radius 1 is 1.41 bits per heavy atom. The van der Waals surface area contributed by atoms with Crippen molar-refractivity contribution in [2.24, 2.45) is 0 Å². The predicted molar refractivity (Wildman–Crippen MR) is 75.9 cm³/mol. The summed E-state index contributed by atoms with van der Waals surface area (Å²) in [5, 5.41) is 3.66. The molecule has 2 aromatic heterocycles. The average Bonchev–Trinajstić information content (AvgIpc) is 2.61. The smallest absolute Gasteiger partial charge is 0.148 e. The molecular formula is C11H11BrClN3S. The van der Waals surface area contributed by atoms with E-state index in [9.17, 15) is 0 Å². The van der Waals surface area contributed by atoms with E-state index in [-0.39, 0.29) is 0 Å².